The second-order valence-corrected chi connectivity index (χ2v) is 6.26. The van der Waals surface area contributed by atoms with Gasteiger partial charge in [0, 0.05) is 13.1 Å². The summed E-state index contributed by atoms with van der Waals surface area (Å²) in [7, 11) is 0. The Hall–Kier alpha value is -0.850. The summed E-state index contributed by atoms with van der Waals surface area (Å²) in [5, 5.41) is 0. The van der Waals surface area contributed by atoms with E-state index < -0.39 is 0 Å². The molecule has 3 nitrogen and oxygen atoms in total. The summed E-state index contributed by atoms with van der Waals surface area (Å²) >= 11 is 0. The predicted molar refractivity (Wildman–Crippen MR) is 99.2 cm³/mol. The second-order valence-electron chi connectivity index (χ2n) is 6.26. The molecular formula is C17H25FIN3. The van der Waals surface area contributed by atoms with Gasteiger partial charge in [-0.15, -0.1) is 24.0 Å². The number of aliphatic imine (C=N–C) groups is 1. The normalized spacial score (nSPS) is 25.9. The van der Waals surface area contributed by atoms with Gasteiger partial charge in [-0.3, -0.25) is 0 Å². The first kappa shape index (κ1) is 17.5. The fourth-order valence-corrected chi connectivity index (χ4v) is 3.27. The number of likely N-dealkylation sites (tertiary alicyclic amines) is 1. The van der Waals surface area contributed by atoms with Crippen LogP contribution >= 0.6 is 24.0 Å². The van der Waals surface area contributed by atoms with Gasteiger partial charge in [-0.05, 0) is 49.3 Å². The van der Waals surface area contributed by atoms with Crippen LogP contribution in [0.4, 0.5) is 4.39 Å². The molecule has 1 heterocycles. The van der Waals surface area contributed by atoms with Gasteiger partial charge >= 0.3 is 0 Å². The number of guanidine groups is 1. The van der Waals surface area contributed by atoms with Crippen LogP contribution in [-0.2, 0) is 0 Å². The highest BCUT2D eigenvalue weighted by Crippen LogP contribution is 2.38. The molecule has 1 saturated heterocycles. The Balaban J connectivity index is 0.00000176. The van der Waals surface area contributed by atoms with Crippen LogP contribution in [0, 0.1) is 5.82 Å². The van der Waals surface area contributed by atoms with E-state index in [1.807, 2.05) is 12.1 Å². The molecule has 122 valence electrons. The molecule has 1 aliphatic heterocycles. The molecule has 0 spiro atoms. The highest BCUT2D eigenvalue weighted by Gasteiger charge is 2.30. The Morgan fingerprint density at radius 2 is 1.64 bits per heavy atom. The van der Waals surface area contributed by atoms with Crippen molar-refractivity contribution in [3.8, 4) is 0 Å². The lowest BCUT2D eigenvalue weighted by Gasteiger charge is -2.34. The van der Waals surface area contributed by atoms with Crippen molar-refractivity contribution in [1.29, 1.82) is 0 Å². The fraction of sp³-hybridized carbons (Fsp3) is 0.588. The minimum atomic E-state index is -0.168. The van der Waals surface area contributed by atoms with E-state index in [9.17, 15) is 4.39 Å². The van der Waals surface area contributed by atoms with Gasteiger partial charge in [-0.1, -0.05) is 25.0 Å². The zero-order chi connectivity index (χ0) is 14.7. The van der Waals surface area contributed by atoms with E-state index in [4.69, 9.17) is 5.73 Å². The monoisotopic (exact) mass is 417 g/mol. The highest BCUT2D eigenvalue weighted by atomic mass is 127. The van der Waals surface area contributed by atoms with Crippen LogP contribution in [0.25, 0.3) is 0 Å². The van der Waals surface area contributed by atoms with Crippen LogP contribution in [0.15, 0.2) is 29.3 Å². The molecule has 22 heavy (non-hydrogen) atoms. The maximum absolute atomic E-state index is 12.9. The van der Waals surface area contributed by atoms with Crippen molar-refractivity contribution in [3.63, 3.8) is 0 Å². The van der Waals surface area contributed by atoms with E-state index in [-0.39, 0.29) is 29.8 Å². The van der Waals surface area contributed by atoms with Crippen LogP contribution in [-0.4, -0.2) is 30.0 Å². The SMILES string of the molecule is I.NC(=NC1CC(c2ccc(F)cc2)C1)N1CCCCCC1. The average Bonchev–Trinajstić information content (AvgIpc) is 2.72. The van der Waals surface area contributed by atoms with E-state index in [2.05, 4.69) is 9.89 Å². The highest BCUT2D eigenvalue weighted by molar-refractivity contribution is 14.0. The smallest absolute Gasteiger partial charge is 0.191 e. The van der Waals surface area contributed by atoms with E-state index in [1.54, 1.807) is 0 Å². The third kappa shape index (κ3) is 4.33. The maximum atomic E-state index is 12.9. The number of benzene rings is 1. The average molecular weight is 417 g/mol. The summed E-state index contributed by atoms with van der Waals surface area (Å²) in [6.45, 7) is 2.09. The summed E-state index contributed by atoms with van der Waals surface area (Å²) < 4.78 is 12.9. The van der Waals surface area contributed by atoms with Gasteiger partial charge < -0.3 is 10.6 Å². The second kappa shape index (κ2) is 8.13. The van der Waals surface area contributed by atoms with Gasteiger partial charge in [0.2, 0.25) is 0 Å². The molecule has 0 aromatic heterocycles. The van der Waals surface area contributed by atoms with Gasteiger partial charge in [0.15, 0.2) is 5.96 Å². The molecule has 3 rings (SSSR count). The van der Waals surface area contributed by atoms with Crippen molar-refractivity contribution in [3.05, 3.63) is 35.6 Å². The molecule has 0 amide bonds. The van der Waals surface area contributed by atoms with Crippen LogP contribution in [0.3, 0.4) is 0 Å². The number of nitrogens with two attached hydrogens (primary N) is 1. The summed E-state index contributed by atoms with van der Waals surface area (Å²) in [4.78, 5) is 6.92. The van der Waals surface area contributed by atoms with Crippen molar-refractivity contribution in [1.82, 2.24) is 4.90 Å². The minimum Gasteiger partial charge on any atom is -0.370 e. The summed E-state index contributed by atoms with van der Waals surface area (Å²) in [6.07, 6.45) is 7.11. The Bertz CT molecular complexity index is 489. The molecule has 1 aliphatic carbocycles. The molecule has 2 aliphatic rings. The lowest BCUT2D eigenvalue weighted by atomic mass is 9.76. The van der Waals surface area contributed by atoms with E-state index in [1.165, 1.54) is 43.4 Å². The molecule has 2 N–H and O–H groups in total. The third-order valence-corrected chi connectivity index (χ3v) is 4.70. The maximum Gasteiger partial charge on any atom is 0.191 e. The number of nitrogens with zero attached hydrogens (tertiary/aromatic N) is 2. The first-order chi connectivity index (χ1) is 10.2. The van der Waals surface area contributed by atoms with Crippen LogP contribution in [0.1, 0.15) is 50.0 Å². The Kier molecular flexibility index (Phi) is 6.47. The lowest BCUT2D eigenvalue weighted by molar-refractivity contribution is 0.343. The van der Waals surface area contributed by atoms with E-state index in [0.717, 1.165) is 31.9 Å². The predicted octanol–water partition coefficient (Wildman–Crippen LogP) is 3.88. The van der Waals surface area contributed by atoms with Gasteiger partial charge in [-0.2, -0.15) is 0 Å². The zero-order valence-corrected chi connectivity index (χ0v) is 15.2. The third-order valence-electron chi connectivity index (χ3n) is 4.70. The first-order valence-electron chi connectivity index (χ1n) is 8.06. The van der Waals surface area contributed by atoms with E-state index in [0.29, 0.717) is 12.0 Å². The molecule has 1 aromatic rings. The summed E-state index contributed by atoms with van der Waals surface area (Å²) in [5.41, 5.74) is 7.38. The van der Waals surface area contributed by atoms with Gasteiger partial charge in [0.1, 0.15) is 5.82 Å². The standard InChI is InChI=1S/C17H24FN3.HI/c18-15-7-5-13(6-8-15)14-11-16(12-14)20-17(19)21-9-3-1-2-4-10-21;/h5-8,14,16H,1-4,9-12H2,(H2,19,20);1H. The van der Waals surface area contributed by atoms with Crippen LogP contribution < -0.4 is 5.73 Å². The Labute approximate surface area is 149 Å². The van der Waals surface area contributed by atoms with Crippen molar-refractivity contribution in [2.24, 2.45) is 10.7 Å². The summed E-state index contributed by atoms with van der Waals surface area (Å²) in [6, 6.07) is 7.19. The van der Waals surface area contributed by atoms with Crippen molar-refractivity contribution >= 4 is 29.9 Å². The molecular weight excluding hydrogens is 392 g/mol. The molecule has 2 fully saturated rings. The summed E-state index contributed by atoms with van der Waals surface area (Å²) in [5.74, 6) is 1.06. The number of hydrogen-bond acceptors (Lipinski definition) is 1. The molecule has 0 bridgehead atoms. The van der Waals surface area contributed by atoms with Gasteiger partial charge in [0.25, 0.3) is 0 Å². The van der Waals surface area contributed by atoms with Crippen molar-refractivity contribution in [2.45, 2.75) is 50.5 Å². The van der Waals surface area contributed by atoms with Crippen molar-refractivity contribution in [2.75, 3.05) is 13.1 Å². The fourth-order valence-electron chi connectivity index (χ4n) is 3.27. The van der Waals surface area contributed by atoms with Crippen LogP contribution in [0.5, 0.6) is 0 Å². The van der Waals surface area contributed by atoms with Gasteiger partial charge in [0.05, 0.1) is 6.04 Å². The van der Waals surface area contributed by atoms with Crippen LogP contribution in [0.2, 0.25) is 0 Å². The number of rotatable bonds is 2. The van der Waals surface area contributed by atoms with Gasteiger partial charge in [-0.25, -0.2) is 9.38 Å². The Morgan fingerprint density at radius 1 is 1.05 bits per heavy atom. The quantitative estimate of drug-likeness (QED) is 0.451. The molecule has 0 radical (unpaired) electrons. The molecule has 1 saturated carbocycles. The van der Waals surface area contributed by atoms with Crippen molar-refractivity contribution < 1.29 is 4.39 Å². The Morgan fingerprint density at radius 3 is 2.23 bits per heavy atom. The largest absolute Gasteiger partial charge is 0.370 e. The zero-order valence-electron chi connectivity index (χ0n) is 12.9. The van der Waals surface area contributed by atoms with E-state index >= 15 is 0 Å². The number of hydrogen-bond donors (Lipinski definition) is 1. The first-order valence-corrected chi connectivity index (χ1v) is 8.06. The molecule has 0 atom stereocenters. The topological polar surface area (TPSA) is 41.6 Å². The molecule has 5 heteroatoms. The molecule has 0 unspecified atom stereocenters. The minimum absolute atomic E-state index is 0. The lowest BCUT2D eigenvalue weighted by Crippen LogP contribution is -2.40. The number of halogens is 2. The molecule has 1 aromatic carbocycles.